The summed E-state index contributed by atoms with van der Waals surface area (Å²) in [6, 6.07) is 4.76. The normalized spacial score (nSPS) is 22.4. The van der Waals surface area contributed by atoms with Gasteiger partial charge in [-0.15, -0.1) is 0 Å². The summed E-state index contributed by atoms with van der Waals surface area (Å²) in [5.74, 6) is 0.532. The highest BCUT2D eigenvalue weighted by atomic mass is 79.9. The SMILES string of the molecule is O=C(NCC1CCCC1CO)c1ccc(Br)c(O)c1. The smallest absolute Gasteiger partial charge is 0.251 e. The van der Waals surface area contributed by atoms with Crippen LogP contribution in [0.25, 0.3) is 0 Å². The zero-order chi connectivity index (χ0) is 13.8. The highest BCUT2D eigenvalue weighted by molar-refractivity contribution is 9.10. The van der Waals surface area contributed by atoms with Gasteiger partial charge in [-0.1, -0.05) is 6.42 Å². The minimum Gasteiger partial charge on any atom is -0.507 e. The van der Waals surface area contributed by atoms with Crippen molar-refractivity contribution in [3.8, 4) is 5.75 Å². The highest BCUT2D eigenvalue weighted by Gasteiger charge is 2.26. The average Bonchev–Trinajstić information content (AvgIpc) is 2.86. The van der Waals surface area contributed by atoms with Crippen LogP contribution in [-0.2, 0) is 0 Å². The van der Waals surface area contributed by atoms with Gasteiger partial charge in [0, 0.05) is 18.7 Å². The van der Waals surface area contributed by atoms with Crippen molar-refractivity contribution >= 4 is 21.8 Å². The summed E-state index contributed by atoms with van der Waals surface area (Å²) in [5.41, 5.74) is 0.444. The number of halogens is 1. The van der Waals surface area contributed by atoms with Gasteiger partial charge in [0.05, 0.1) is 4.47 Å². The lowest BCUT2D eigenvalue weighted by molar-refractivity contribution is 0.0937. The second-order valence-electron chi connectivity index (χ2n) is 5.01. The summed E-state index contributed by atoms with van der Waals surface area (Å²) in [5, 5.41) is 21.7. The van der Waals surface area contributed by atoms with Crippen molar-refractivity contribution in [1.29, 1.82) is 0 Å². The minimum atomic E-state index is -0.189. The summed E-state index contributed by atoms with van der Waals surface area (Å²) < 4.78 is 0.570. The van der Waals surface area contributed by atoms with Gasteiger partial charge in [0.2, 0.25) is 0 Å². The predicted octanol–water partition coefficient (Wildman–Crippen LogP) is 2.29. The number of aliphatic hydroxyl groups excluding tert-OH is 1. The number of benzene rings is 1. The fourth-order valence-corrected chi connectivity index (χ4v) is 2.85. The maximum absolute atomic E-state index is 12.0. The maximum Gasteiger partial charge on any atom is 0.251 e. The zero-order valence-electron chi connectivity index (χ0n) is 10.6. The first kappa shape index (κ1) is 14.3. The molecule has 0 heterocycles. The highest BCUT2D eigenvalue weighted by Crippen LogP contribution is 2.30. The molecule has 0 saturated heterocycles. The average molecular weight is 328 g/mol. The first-order valence-corrected chi connectivity index (χ1v) is 7.28. The number of phenols is 1. The molecule has 1 amide bonds. The second-order valence-corrected chi connectivity index (χ2v) is 5.86. The molecule has 19 heavy (non-hydrogen) atoms. The number of aliphatic hydroxyl groups is 1. The van der Waals surface area contributed by atoms with Crippen molar-refractivity contribution in [2.45, 2.75) is 19.3 Å². The zero-order valence-corrected chi connectivity index (χ0v) is 12.2. The van der Waals surface area contributed by atoms with Gasteiger partial charge in [-0.05, 0) is 58.8 Å². The first-order chi connectivity index (χ1) is 9.11. The number of carbonyl (C=O) groups excluding carboxylic acids is 1. The Balaban J connectivity index is 1.92. The van der Waals surface area contributed by atoms with Gasteiger partial charge < -0.3 is 15.5 Å². The van der Waals surface area contributed by atoms with E-state index in [4.69, 9.17) is 0 Å². The molecule has 0 radical (unpaired) electrons. The van der Waals surface area contributed by atoms with Crippen molar-refractivity contribution < 1.29 is 15.0 Å². The van der Waals surface area contributed by atoms with E-state index in [9.17, 15) is 15.0 Å². The van der Waals surface area contributed by atoms with E-state index in [2.05, 4.69) is 21.2 Å². The second kappa shape index (κ2) is 6.39. The van der Waals surface area contributed by atoms with Crippen LogP contribution < -0.4 is 5.32 Å². The Bertz CT molecular complexity index is 464. The monoisotopic (exact) mass is 327 g/mol. The number of phenolic OH excluding ortho intramolecular Hbond substituents is 1. The topological polar surface area (TPSA) is 69.6 Å². The van der Waals surface area contributed by atoms with E-state index in [-0.39, 0.29) is 18.3 Å². The van der Waals surface area contributed by atoms with E-state index >= 15 is 0 Å². The van der Waals surface area contributed by atoms with Gasteiger partial charge in [0.15, 0.2) is 0 Å². The fraction of sp³-hybridized carbons (Fsp3) is 0.500. The van der Waals surface area contributed by atoms with Gasteiger partial charge >= 0.3 is 0 Å². The number of hydrogen-bond donors (Lipinski definition) is 3. The molecule has 1 saturated carbocycles. The molecule has 0 aliphatic heterocycles. The molecule has 2 unspecified atom stereocenters. The van der Waals surface area contributed by atoms with Crippen LogP contribution in [0.5, 0.6) is 5.75 Å². The molecule has 3 N–H and O–H groups in total. The van der Waals surface area contributed by atoms with Crippen LogP contribution in [0.2, 0.25) is 0 Å². The van der Waals surface area contributed by atoms with Gasteiger partial charge in [-0.3, -0.25) is 4.79 Å². The molecule has 1 aromatic carbocycles. The Morgan fingerprint density at radius 2 is 2.11 bits per heavy atom. The number of aromatic hydroxyl groups is 1. The largest absolute Gasteiger partial charge is 0.507 e. The van der Waals surface area contributed by atoms with E-state index in [0.717, 1.165) is 19.3 Å². The van der Waals surface area contributed by atoms with Gasteiger partial charge in [0.1, 0.15) is 5.75 Å². The lowest BCUT2D eigenvalue weighted by Gasteiger charge is -2.17. The van der Waals surface area contributed by atoms with E-state index in [0.29, 0.717) is 28.4 Å². The summed E-state index contributed by atoms with van der Waals surface area (Å²) in [4.78, 5) is 12.0. The number of amides is 1. The standard InChI is InChI=1S/C14H18BrNO3/c15-12-5-4-9(6-13(12)18)14(19)16-7-10-2-1-3-11(10)8-17/h4-6,10-11,17-18H,1-3,7-8H2,(H,16,19). The van der Waals surface area contributed by atoms with E-state index in [1.54, 1.807) is 12.1 Å². The maximum atomic E-state index is 12.0. The molecular weight excluding hydrogens is 310 g/mol. The molecule has 2 atom stereocenters. The first-order valence-electron chi connectivity index (χ1n) is 6.49. The van der Waals surface area contributed by atoms with Crippen LogP contribution >= 0.6 is 15.9 Å². The van der Waals surface area contributed by atoms with Crippen molar-refractivity contribution in [3.05, 3.63) is 28.2 Å². The van der Waals surface area contributed by atoms with Crippen LogP contribution in [0.15, 0.2) is 22.7 Å². The number of rotatable bonds is 4. The molecule has 104 valence electrons. The Hall–Kier alpha value is -1.07. The van der Waals surface area contributed by atoms with Crippen LogP contribution in [0.1, 0.15) is 29.6 Å². The van der Waals surface area contributed by atoms with E-state index < -0.39 is 0 Å². The predicted molar refractivity (Wildman–Crippen MR) is 76.1 cm³/mol. The van der Waals surface area contributed by atoms with E-state index in [1.165, 1.54) is 6.07 Å². The van der Waals surface area contributed by atoms with Crippen molar-refractivity contribution in [2.24, 2.45) is 11.8 Å². The lowest BCUT2D eigenvalue weighted by Crippen LogP contribution is -2.31. The van der Waals surface area contributed by atoms with Gasteiger partial charge in [0.25, 0.3) is 5.91 Å². The molecule has 1 aliphatic carbocycles. The van der Waals surface area contributed by atoms with Crippen LogP contribution in [0.3, 0.4) is 0 Å². The third-order valence-electron chi connectivity index (χ3n) is 3.78. The quantitative estimate of drug-likeness (QED) is 0.794. The Kier molecular flexibility index (Phi) is 4.82. The van der Waals surface area contributed by atoms with Crippen molar-refractivity contribution in [2.75, 3.05) is 13.2 Å². The number of hydrogen-bond acceptors (Lipinski definition) is 3. The molecule has 0 spiro atoms. The lowest BCUT2D eigenvalue weighted by atomic mass is 9.97. The summed E-state index contributed by atoms with van der Waals surface area (Å²) in [6.07, 6.45) is 3.21. The molecule has 5 heteroatoms. The fourth-order valence-electron chi connectivity index (χ4n) is 2.60. The molecule has 0 bridgehead atoms. The summed E-state index contributed by atoms with van der Waals surface area (Å²) in [6.45, 7) is 0.778. The molecule has 0 aromatic heterocycles. The van der Waals surface area contributed by atoms with Gasteiger partial charge in [-0.25, -0.2) is 0 Å². The molecular formula is C14H18BrNO3. The molecule has 1 aliphatic rings. The molecule has 4 nitrogen and oxygen atoms in total. The Labute approximate surface area is 121 Å². The van der Waals surface area contributed by atoms with Crippen molar-refractivity contribution in [1.82, 2.24) is 5.32 Å². The third kappa shape index (κ3) is 3.48. The van der Waals surface area contributed by atoms with Crippen molar-refractivity contribution in [3.63, 3.8) is 0 Å². The molecule has 1 aromatic rings. The minimum absolute atomic E-state index is 0.0572. The number of nitrogens with one attached hydrogen (secondary N) is 1. The van der Waals surface area contributed by atoms with Crippen LogP contribution in [0, 0.1) is 11.8 Å². The Morgan fingerprint density at radius 3 is 2.79 bits per heavy atom. The van der Waals surface area contributed by atoms with Crippen LogP contribution in [-0.4, -0.2) is 29.3 Å². The van der Waals surface area contributed by atoms with E-state index in [1.807, 2.05) is 0 Å². The van der Waals surface area contributed by atoms with Crippen LogP contribution in [0.4, 0.5) is 0 Å². The third-order valence-corrected chi connectivity index (χ3v) is 4.45. The number of carbonyl (C=O) groups is 1. The summed E-state index contributed by atoms with van der Waals surface area (Å²) in [7, 11) is 0. The molecule has 1 fully saturated rings. The molecule has 2 rings (SSSR count). The Morgan fingerprint density at radius 1 is 1.37 bits per heavy atom. The van der Waals surface area contributed by atoms with Gasteiger partial charge in [-0.2, -0.15) is 0 Å². The summed E-state index contributed by atoms with van der Waals surface area (Å²) >= 11 is 3.18.